The first-order valence-corrected chi connectivity index (χ1v) is 9.42. The van der Waals surface area contributed by atoms with Crippen LogP contribution in [-0.4, -0.2) is 58.4 Å². The van der Waals surface area contributed by atoms with Crippen molar-refractivity contribution in [3.05, 3.63) is 77.9 Å². The molecule has 4 rings (SSSR count). The van der Waals surface area contributed by atoms with Crippen LogP contribution < -0.4 is 4.90 Å². The van der Waals surface area contributed by atoms with Gasteiger partial charge in [0, 0.05) is 38.3 Å². The van der Waals surface area contributed by atoms with E-state index in [2.05, 4.69) is 20.1 Å². The number of aromatic nitrogens is 3. The van der Waals surface area contributed by atoms with Crippen LogP contribution in [0, 0.1) is 5.82 Å². The number of carbonyl (C=O) groups excluding carboxylic acids is 1. The maximum Gasteiger partial charge on any atom is 0.214 e. The van der Waals surface area contributed by atoms with Crippen LogP contribution in [0.2, 0.25) is 0 Å². The monoisotopic (exact) mass is 379 g/mol. The Hall–Kier alpha value is -3.06. The molecule has 1 fully saturated rings. The molecule has 1 aliphatic heterocycles. The normalized spacial score (nSPS) is 15.0. The van der Waals surface area contributed by atoms with E-state index in [-0.39, 0.29) is 11.6 Å². The standard InChI is InChI=1S/C21H22FN5O/c22-18-8-4-5-9-20(18)26-13-10-25(11-14-26)12-15-27-16-19(23-24-27)21(28)17-6-2-1-3-7-17/h1-9,16H,10-15H2. The summed E-state index contributed by atoms with van der Waals surface area (Å²) in [5, 5.41) is 8.09. The zero-order valence-electron chi connectivity index (χ0n) is 15.5. The second kappa shape index (κ2) is 8.31. The molecule has 6 nitrogen and oxygen atoms in total. The van der Waals surface area contributed by atoms with Gasteiger partial charge in [0.05, 0.1) is 18.4 Å². The number of carbonyl (C=O) groups is 1. The largest absolute Gasteiger partial charge is 0.367 e. The molecule has 3 aromatic rings. The minimum absolute atomic E-state index is 0.120. The predicted octanol–water partition coefficient (Wildman–Crippen LogP) is 2.47. The first-order chi connectivity index (χ1) is 13.7. The molecule has 1 aliphatic rings. The summed E-state index contributed by atoms with van der Waals surface area (Å²) in [4.78, 5) is 16.8. The average Bonchev–Trinajstić information content (AvgIpc) is 3.22. The molecule has 0 amide bonds. The van der Waals surface area contributed by atoms with E-state index in [4.69, 9.17) is 0 Å². The van der Waals surface area contributed by atoms with Crippen LogP contribution in [0.3, 0.4) is 0 Å². The number of hydrogen-bond acceptors (Lipinski definition) is 5. The number of nitrogens with zero attached hydrogens (tertiary/aromatic N) is 5. The van der Waals surface area contributed by atoms with Crippen molar-refractivity contribution in [3.8, 4) is 0 Å². The molecule has 0 unspecified atom stereocenters. The third kappa shape index (κ3) is 4.09. The van der Waals surface area contributed by atoms with Crippen molar-refractivity contribution in [2.24, 2.45) is 0 Å². The van der Waals surface area contributed by atoms with E-state index in [1.807, 2.05) is 30.3 Å². The first kappa shape index (κ1) is 18.3. The molecule has 1 saturated heterocycles. The van der Waals surface area contributed by atoms with Gasteiger partial charge in [0.2, 0.25) is 5.78 Å². The Morgan fingerprint density at radius 2 is 1.64 bits per heavy atom. The summed E-state index contributed by atoms with van der Waals surface area (Å²) in [6, 6.07) is 16.0. The number of halogens is 1. The van der Waals surface area contributed by atoms with Crippen LogP contribution in [-0.2, 0) is 6.54 Å². The highest BCUT2D eigenvalue weighted by molar-refractivity contribution is 6.07. The fourth-order valence-electron chi connectivity index (χ4n) is 3.41. The maximum absolute atomic E-state index is 13.9. The smallest absolute Gasteiger partial charge is 0.214 e. The summed E-state index contributed by atoms with van der Waals surface area (Å²) >= 11 is 0. The summed E-state index contributed by atoms with van der Waals surface area (Å²) in [5.74, 6) is -0.292. The molecule has 0 aliphatic carbocycles. The number of hydrogen-bond donors (Lipinski definition) is 0. The van der Waals surface area contributed by atoms with Crippen LogP contribution in [0.15, 0.2) is 60.8 Å². The van der Waals surface area contributed by atoms with Crippen LogP contribution in [0.1, 0.15) is 16.1 Å². The van der Waals surface area contributed by atoms with Crippen LogP contribution in [0.4, 0.5) is 10.1 Å². The second-order valence-corrected chi connectivity index (χ2v) is 6.84. The average molecular weight is 379 g/mol. The Bertz CT molecular complexity index is 935. The quantitative estimate of drug-likeness (QED) is 0.616. The van der Waals surface area contributed by atoms with E-state index in [9.17, 15) is 9.18 Å². The Kier molecular flexibility index (Phi) is 5.43. The molecule has 144 valence electrons. The number of rotatable bonds is 6. The molecular formula is C21H22FN5O. The van der Waals surface area contributed by atoms with Crippen molar-refractivity contribution in [1.29, 1.82) is 0 Å². The zero-order valence-corrected chi connectivity index (χ0v) is 15.5. The fourth-order valence-corrected chi connectivity index (χ4v) is 3.41. The highest BCUT2D eigenvalue weighted by Crippen LogP contribution is 2.20. The summed E-state index contributed by atoms with van der Waals surface area (Å²) in [6.45, 7) is 4.77. The molecule has 0 saturated carbocycles. The van der Waals surface area contributed by atoms with Crippen molar-refractivity contribution < 1.29 is 9.18 Å². The number of anilines is 1. The summed E-state index contributed by atoms with van der Waals surface area (Å²) in [5.41, 5.74) is 1.64. The molecule has 0 spiro atoms. The first-order valence-electron chi connectivity index (χ1n) is 9.42. The van der Waals surface area contributed by atoms with Crippen molar-refractivity contribution in [2.75, 3.05) is 37.6 Å². The van der Waals surface area contributed by atoms with Gasteiger partial charge in [0.1, 0.15) is 5.82 Å². The lowest BCUT2D eigenvalue weighted by atomic mass is 10.1. The number of piperazine rings is 1. The Balaban J connectivity index is 1.29. The third-order valence-corrected chi connectivity index (χ3v) is 5.02. The number of ketones is 1. The van der Waals surface area contributed by atoms with E-state index in [0.29, 0.717) is 23.5 Å². The molecule has 0 N–H and O–H groups in total. The molecule has 0 radical (unpaired) electrons. The van der Waals surface area contributed by atoms with E-state index in [1.54, 1.807) is 29.1 Å². The molecule has 2 aromatic carbocycles. The van der Waals surface area contributed by atoms with Gasteiger partial charge >= 0.3 is 0 Å². The SMILES string of the molecule is O=C(c1ccccc1)c1cn(CCN2CCN(c3ccccc3F)CC2)nn1. The summed E-state index contributed by atoms with van der Waals surface area (Å²) in [7, 11) is 0. The van der Waals surface area contributed by atoms with E-state index >= 15 is 0 Å². The Morgan fingerprint density at radius 3 is 2.39 bits per heavy atom. The topological polar surface area (TPSA) is 54.3 Å². The van der Waals surface area contributed by atoms with Gasteiger partial charge in [0.25, 0.3) is 0 Å². The molecular weight excluding hydrogens is 357 g/mol. The Labute approximate surface area is 163 Å². The predicted molar refractivity (Wildman–Crippen MR) is 105 cm³/mol. The van der Waals surface area contributed by atoms with E-state index < -0.39 is 0 Å². The van der Waals surface area contributed by atoms with Gasteiger partial charge in [0.15, 0.2) is 5.69 Å². The van der Waals surface area contributed by atoms with Crippen LogP contribution in [0.25, 0.3) is 0 Å². The van der Waals surface area contributed by atoms with Crippen molar-refractivity contribution >= 4 is 11.5 Å². The van der Waals surface area contributed by atoms with Gasteiger partial charge < -0.3 is 4.90 Å². The van der Waals surface area contributed by atoms with Gasteiger partial charge in [-0.05, 0) is 12.1 Å². The zero-order chi connectivity index (χ0) is 19.3. The highest BCUT2D eigenvalue weighted by Gasteiger charge is 2.19. The van der Waals surface area contributed by atoms with Gasteiger partial charge in [-0.25, -0.2) is 4.39 Å². The molecule has 2 heterocycles. The third-order valence-electron chi connectivity index (χ3n) is 5.02. The lowest BCUT2D eigenvalue weighted by molar-refractivity contribution is 0.103. The highest BCUT2D eigenvalue weighted by atomic mass is 19.1. The molecule has 28 heavy (non-hydrogen) atoms. The van der Waals surface area contributed by atoms with Crippen LogP contribution in [0.5, 0.6) is 0 Å². The van der Waals surface area contributed by atoms with Crippen LogP contribution >= 0.6 is 0 Å². The number of benzene rings is 2. The lowest BCUT2D eigenvalue weighted by Crippen LogP contribution is -2.47. The van der Waals surface area contributed by atoms with Gasteiger partial charge in [-0.3, -0.25) is 14.4 Å². The molecule has 0 bridgehead atoms. The van der Waals surface area contributed by atoms with E-state index in [0.717, 1.165) is 32.7 Å². The summed E-state index contributed by atoms with van der Waals surface area (Å²) in [6.07, 6.45) is 1.70. The fraction of sp³-hybridized carbons (Fsp3) is 0.286. The lowest BCUT2D eigenvalue weighted by Gasteiger charge is -2.36. The minimum Gasteiger partial charge on any atom is -0.367 e. The number of para-hydroxylation sites is 1. The molecule has 7 heteroatoms. The maximum atomic E-state index is 13.9. The second-order valence-electron chi connectivity index (χ2n) is 6.84. The summed E-state index contributed by atoms with van der Waals surface area (Å²) < 4.78 is 15.6. The van der Waals surface area contributed by atoms with Gasteiger partial charge in [-0.2, -0.15) is 0 Å². The minimum atomic E-state index is -0.172. The molecule has 0 atom stereocenters. The van der Waals surface area contributed by atoms with Gasteiger partial charge in [-0.15, -0.1) is 5.10 Å². The van der Waals surface area contributed by atoms with Crippen molar-refractivity contribution in [3.63, 3.8) is 0 Å². The van der Waals surface area contributed by atoms with Crippen molar-refractivity contribution in [2.45, 2.75) is 6.54 Å². The van der Waals surface area contributed by atoms with Crippen molar-refractivity contribution in [1.82, 2.24) is 19.9 Å². The Morgan fingerprint density at radius 1 is 0.929 bits per heavy atom. The van der Waals surface area contributed by atoms with E-state index in [1.165, 1.54) is 6.07 Å². The van der Waals surface area contributed by atoms with Gasteiger partial charge in [-0.1, -0.05) is 47.7 Å². The molecule has 1 aromatic heterocycles.